The highest BCUT2D eigenvalue weighted by Gasteiger charge is 1.90. The zero-order chi connectivity index (χ0) is 6.50. The van der Waals surface area contributed by atoms with Gasteiger partial charge < -0.3 is 9.79 Å². The summed E-state index contributed by atoms with van der Waals surface area (Å²) in [5.41, 5.74) is -3.11. The molecule has 3 nitrogen and oxygen atoms in total. The molecule has 0 aromatic carbocycles. The largest absolute Gasteiger partial charge is 0.338 e. The lowest BCUT2D eigenvalue weighted by Crippen LogP contribution is -1.53. The van der Waals surface area contributed by atoms with Gasteiger partial charge in [-0.05, 0) is 11.8 Å². The summed E-state index contributed by atoms with van der Waals surface area (Å²) in [6, 6.07) is 0. The highest BCUT2D eigenvalue weighted by molar-refractivity contribution is 8.59. The van der Waals surface area contributed by atoms with E-state index in [2.05, 4.69) is 36.6 Å². The van der Waals surface area contributed by atoms with Gasteiger partial charge in [-0.15, -0.1) is 0 Å². The van der Waals surface area contributed by atoms with E-state index in [1.807, 2.05) is 0 Å². The minimum absolute atomic E-state index is 2.83. The van der Waals surface area contributed by atoms with Crippen LogP contribution >= 0.6 is 17.9 Å². The van der Waals surface area contributed by atoms with Crippen LogP contribution in [-0.4, -0.2) is 14.0 Å². The fourth-order valence-electron chi connectivity index (χ4n) is 0. The van der Waals surface area contributed by atoms with E-state index >= 15 is 0 Å². The van der Waals surface area contributed by atoms with Crippen LogP contribution in [0.25, 0.3) is 0 Å². The molecule has 0 fully saturated rings. The monoisotopic (exact) mass is 178 g/mol. The van der Waals surface area contributed by atoms with Crippen LogP contribution in [0.15, 0.2) is 0 Å². The van der Waals surface area contributed by atoms with Crippen LogP contribution in [0, 0.1) is 0 Å². The van der Waals surface area contributed by atoms with Gasteiger partial charge in [0.15, 0.2) is 12.5 Å². The van der Waals surface area contributed by atoms with E-state index in [0.29, 0.717) is 0 Å². The second-order valence-electron chi connectivity index (χ2n) is 0.513. The maximum atomic E-state index is 7.87. The fraction of sp³-hybridized carbons (Fsp3) is 0. The van der Waals surface area contributed by atoms with Crippen molar-refractivity contribution in [2.45, 2.75) is 0 Å². The first-order valence-corrected chi connectivity index (χ1v) is 5.14. The highest BCUT2D eigenvalue weighted by atomic mass is 32.9. The molecule has 0 bridgehead atoms. The Kier molecular flexibility index (Phi) is 7.87. The van der Waals surface area contributed by atoms with Gasteiger partial charge >= 0.3 is 0 Å². The van der Waals surface area contributed by atoms with Gasteiger partial charge in [-0.2, -0.15) is 4.21 Å². The quantitative estimate of drug-likeness (QED) is 0.354. The molecule has 0 atom stereocenters. The topological polar surface area (TPSA) is 57.5 Å². The van der Waals surface area contributed by atoms with Crippen molar-refractivity contribution in [1.29, 1.82) is 0 Å². The van der Waals surface area contributed by atoms with Crippen molar-refractivity contribution in [3.63, 3.8) is 0 Å². The average molecular weight is 178 g/mol. The molecule has 0 saturated carbocycles. The molecule has 7 heavy (non-hydrogen) atoms. The third kappa shape index (κ3) is 192. The Morgan fingerprint density at radius 1 is 1.43 bits per heavy atom. The van der Waals surface area contributed by atoms with Crippen LogP contribution in [-0.2, 0) is 24.3 Å². The minimum atomic E-state index is -3.11. The standard InChI is InChI=1S/H3O2PS2.OS/c1-3(2,4)5;1-2/h(H3,1,2,4,5);. The second-order valence-corrected chi connectivity index (χ2v) is 5.55. The molecule has 7 heteroatoms. The van der Waals surface area contributed by atoms with Crippen molar-refractivity contribution in [2.24, 2.45) is 0 Å². The lowest BCUT2D eigenvalue weighted by molar-refractivity contribution is 0.503. The van der Waals surface area contributed by atoms with Crippen molar-refractivity contribution in [2.75, 3.05) is 0 Å². The molecule has 0 heterocycles. The normalized spacial score (nSPS) is 9.00. The van der Waals surface area contributed by atoms with Crippen LogP contribution in [0.2, 0.25) is 0 Å². The van der Waals surface area contributed by atoms with Crippen LogP contribution in [0.5, 0.6) is 0 Å². The van der Waals surface area contributed by atoms with E-state index < -0.39 is 5.69 Å². The maximum Gasteiger partial charge on any atom is 0.239 e. The summed E-state index contributed by atoms with van der Waals surface area (Å²) in [5, 5.41) is 0. The first-order valence-electron chi connectivity index (χ1n) is 0.949. The van der Waals surface area contributed by atoms with Gasteiger partial charge in [0, 0.05) is 0 Å². The van der Waals surface area contributed by atoms with Crippen LogP contribution < -0.4 is 0 Å². The zero-order valence-electron chi connectivity index (χ0n) is 3.01. The predicted molar refractivity (Wildman–Crippen MR) is 35.9 cm³/mol. The molecule has 2 N–H and O–H groups in total. The maximum absolute atomic E-state index is 7.87. The first-order chi connectivity index (χ1) is 3.00. The molecule has 0 rings (SSSR count). The first kappa shape index (κ1) is 10.8. The average Bonchev–Trinajstić information content (AvgIpc) is 1.36. The molecule has 44 valence electrons. The summed E-state index contributed by atoms with van der Waals surface area (Å²) in [5.74, 6) is 0. The van der Waals surface area contributed by atoms with Crippen molar-refractivity contribution in [1.82, 2.24) is 0 Å². The minimum Gasteiger partial charge on any atom is -0.338 e. The molecule has 0 unspecified atom stereocenters. The molecule has 0 spiro atoms. The lowest BCUT2D eigenvalue weighted by Gasteiger charge is -1.88. The molecular weight excluding hydrogens is 175 g/mol. The van der Waals surface area contributed by atoms with Gasteiger partial charge in [-0.1, -0.05) is 12.2 Å². The lowest BCUT2D eigenvalue weighted by atomic mass is 15.9. The molecule has 0 amide bonds. The zero-order valence-corrected chi connectivity index (χ0v) is 6.44. The Labute approximate surface area is 56.6 Å². The van der Waals surface area contributed by atoms with Gasteiger partial charge in [0.25, 0.3) is 0 Å². The third-order valence-corrected chi connectivity index (χ3v) is 0. The summed E-state index contributed by atoms with van der Waals surface area (Å²) >= 11 is 9.91. The highest BCUT2D eigenvalue weighted by Crippen LogP contribution is 2.39. The summed E-state index contributed by atoms with van der Waals surface area (Å²) in [6.07, 6.45) is 0. The van der Waals surface area contributed by atoms with Crippen molar-refractivity contribution >= 4 is 42.3 Å². The number of rotatable bonds is 0. The Hall–Kier alpha value is 0.940. The van der Waals surface area contributed by atoms with Gasteiger partial charge in [0.2, 0.25) is 5.69 Å². The number of hydrogen-bond acceptors (Lipinski definition) is 3. The van der Waals surface area contributed by atoms with E-state index in [-0.39, 0.29) is 0 Å². The van der Waals surface area contributed by atoms with E-state index in [0.717, 1.165) is 0 Å². The Morgan fingerprint density at radius 3 is 1.43 bits per heavy atom. The van der Waals surface area contributed by atoms with Gasteiger partial charge in [0.05, 0.1) is 0 Å². The summed E-state index contributed by atoms with van der Waals surface area (Å²) in [6.45, 7) is 0. The van der Waals surface area contributed by atoms with E-state index in [9.17, 15) is 0 Å². The summed E-state index contributed by atoms with van der Waals surface area (Å²) in [4.78, 5) is 15.7. The molecule has 0 radical (unpaired) electrons. The number of thiol groups is 1. The molecule has 0 saturated heterocycles. The van der Waals surface area contributed by atoms with Gasteiger partial charge in [0.1, 0.15) is 0 Å². The summed E-state index contributed by atoms with van der Waals surface area (Å²) < 4.78 is 7.83. The third-order valence-electron chi connectivity index (χ3n) is 0. The molecule has 0 aliphatic heterocycles. The van der Waals surface area contributed by atoms with E-state index in [1.54, 1.807) is 0 Å². The second kappa shape index (κ2) is 5.08. The van der Waals surface area contributed by atoms with Crippen LogP contribution in [0.1, 0.15) is 0 Å². The smallest absolute Gasteiger partial charge is 0.239 e. The van der Waals surface area contributed by atoms with Gasteiger partial charge in [-0.3, -0.25) is 0 Å². The SMILES string of the molecule is O=S.OP(O)(=S)S. The molecule has 0 aliphatic rings. The van der Waals surface area contributed by atoms with Crippen molar-refractivity contribution < 1.29 is 14.0 Å². The Morgan fingerprint density at radius 2 is 1.43 bits per heavy atom. The number of hydrogen-bond donors (Lipinski definition) is 3. The summed E-state index contributed by atoms with van der Waals surface area (Å²) in [7, 11) is 0. The van der Waals surface area contributed by atoms with Crippen LogP contribution in [0.4, 0.5) is 0 Å². The van der Waals surface area contributed by atoms with Crippen molar-refractivity contribution in [3.05, 3.63) is 0 Å². The fourth-order valence-corrected chi connectivity index (χ4v) is 0. The van der Waals surface area contributed by atoms with E-state index in [4.69, 9.17) is 14.0 Å². The van der Waals surface area contributed by atoms with Crippen molar-refractivity contribution in [3.8, 4) is 0 Å². The molecule has 0 aromatic rings. The predicted octanol–water partition coefficient (Wildman–Crippen LogP) is -0.211. The van der Waals surface area contributed by atoms with Crippen LogP contribution in [0.3, 0.4) is 0 Å². The van der Waals surface area contributed by atoms with E-state index in [1.165, 1.54) is 0 Å². The Balaban J connectivity index is 0. The molecule has 0 aliphatic carbocycles. The van der Waals surface area contributed by atoms with Gasteiger partial charge in [-0.25, -0.2) is 0 Å². The molecular formula is H3O3PS3. The Bertz CT molecular complexity index is 66.0. The molecule has 0 aromatic heterocycles.